The summed E-state index contributed by atoms with van der Waals surface area (Å²) in [6.07, 6.45) is 5.72. The first-order chi connectivity index (χ1) is 23.0. The number of rotatable bonds is 7. The molecule has 2 heteroatoms. The average molecular weight is 605 g/mol. The molecule has 226 valence electrons. The number of fused-ring (bicyclic) bond motifs is 6. The third-order valence-electron chi connectivity index (χ3n) is 9.68. The highest BCUT2D eigenvalue weighted by Crippen LogP contribution is 2.50. The predicted octanol–water partition coefficient (Wildman–Crippen LogP) is 12.5. The summed E-state index contributed by atoms with van der Waals surface area (Å²) in [5.41, 5.74) is 14.3. The zero-order valence-corrected chi connectivity index (χ0v) is 26.8. The predicted molar refractivity (Wildman–Crippen MR) is 202 cm³/mol. The Morgan fingerprint density at radius 2 is 1.23 bits per heavy atom. The molecule has 0 bridgehead atoms. The lowest BCUT2D eigenvalue weighted by Gasteiger charge is -2.28. The van der Waals surface area contributed by atoms with Gasteiger partial charge in [-0.1, -0.05) is 124 Å². The normalized spacial score (nSPS) is 13.1. The molecule has 0 saturated heterocycles. The molecule has 1 heterocycles. The van der Waals surface area contributed by atoms with Crippen molar-refractivity contribution in [1.29, 1.82) is 0 Å². The molecule has 47 heavy (non-hydrogen) atoms. The summed E-state index contributed by atoms with van der Waals surface area (Å²) in [4.78, 5) is 2.36. The first-order valence-electron chi connectivity index (χ1n) is 16.2. The first kappa shape index (κ1) is 28.6. The van der Waals surface area contributed by atoms with E-state index in [0.29, 0.717) is 0 Å². The second-order valence-electron chi connectivity index (χ2n) is 12.8. The van der Waals surface area contributed by atoms with Crippen LogP contribution in [-0.2, 0) is 5.41 Å². The fraction of sp³-hybridized carbons (Fsp3) is 0.0667. The van der Waals surface area contributed by atoms with Crippen LogP contribution in [0, 0.1) is 0 Å². The lowest BCUT2D eigenvalue weighted by atomic mass is 9.82. The van der Waals surface area contributed by atoms with E-state index < -0.39 is 0 Å². The molecule has 0 atom stereocenters. The van der Waals surface area contributed by atoms with Crippen molar-refractivity contribution in [1.82, 2.24) is 4.57 Å². The number of hydrogen-bond donors (Lipinski definition) is 0. The molecule has 1 aliphatic rings. The van der Waals surface area contributed by atoms with Gasteiger partial charge in [0.25, 0.3) is 0 Å². The van der Waals surface area contributed by atoms with Crippen molar-refractivity contribution in [2.24, 2.45) is 0 Å². The fourth-order valence-electron chi connectivity index (χ4n) is 7.37. The van der Waals surface area contributed by atoms with E-state index in [4.69, 9.17) is 0 Å². The quantitative estimate of drug-likeness (QED) is 0.164. The van der Waals surface area contributed by atoms with Crippen LogP contribution >= 0.6 is 0 Å². The molecule has 0 saturated carbocycles. The Hall–Kier alpha value is -5.86. The van der Waals surface area contributed by atoms with E-state index in [0.717, 1.165) is 33.8 Å². The van der Waals surface area contributed by atoms with Crippen LogP contribution in [0.3, 0.4) is 0 Å². The van der Waals surface area contributed by atoms with E-state index in [1.165, 1.54) is 44.2 Å². The standard InChI is InChI=1S/C45H36N2/c1-5-6-14-31(2)46-43-20-13-11-18-39(43)40-29-33(23-28-44(40)46)32-21-24-35(25-22-32)47(34-15-8-7-9-16-34)36-26-27-38-37-17-10-12-19-41(37)45(3,4)42(38)30-36/h5-30H,1-2H2,3-4H3/b14-6-. The van der Waals surface area contributed by atoms with E-state index in [1.807, 2.05) is 12.2 Å². The topological polar surface area (TPSA) is 8.17 Å². The Morgan fingerprint density at radius 3 is 2.04 bits per heavy atom. The monoisotopic (exact) mass is 604 g/mol. The number of allylic oxidation sites excluding steroid dienone is 4. The van der Waals surface area contributed by atoms with Crippen LogP contribution in [0.2, 0.25) is 0 Å². The van der Waals surface area contributed by atoms with E-state index in [9.17, 15) is 0 Å². The highest BCUT2D eigenvalue weighted by atomic mass is 15.1. The maximum Gasteiger partial charge on any atom is 0.0541 e. The van der Waals surface area contributed by atoms with E-state index in [1.54, 1.807) is 6.08 Å². The van der Waals surface area contributed by atoms with Gasteiger partial charge in [0.15, 0.2) is 0 Å². The number of aromatic nitrogens is 1. The van der Waals surface area contributed by atoms with Crippen LogP contribution in [0.5, 0.6) is 0 Å². The smallest absolute Gasteiger partial charge is 0.0541 e. The summed E-state index contributed by atoms with van der Waals surface area (Å²) in [7, 11) is 0. The minimum atomic E-state index is -0.0653. The molecule has 8 rings (SSSR count). The van der Waals surface area contributed by atoms with Gasteiger partial charge >= 0.3 is 0 Å². The van der Waals surface area contributed by atoms with Crippen LogP contribution in [0.1, 0.15) is 25.0 Å². The van der Waals surface area contributed by atoms with E-state index in [2.05, 4.69) is 176 Å². The first-order valence-corrected chi connectivity index (χ1v) is 16.2. The van der Waals surface area contributed by atoms with Crippen LogP contribution in [0.25, 0.3) is 49.8 Å². The molecule has 0 fully saturated rings. The van der Waals surface area contributed by atoms with Crippen molar-refractivity contribution in [3.05, 3.63) is 182 Å². The fourth-order valence-corrected chi connectivity index (χ4v) is 7.37. The van der Waals surface area contributed by atoms with Crippen molar-refractivity contribution >= 4 is 44.6 Å². The lowest BCUT2D eigenvalue weighted by molar-refractivity contribution is 0.660. The second kappa shape index (κ2) is 11.2. The number of hydrogen-bond acceptors (Lipinski definition) is 1. The maximum atomic E-state index is 4.35. The second-order valence-corrected chi connectivity index (χ2v) is 12.8. The summed E-state index contributed by atoms with van der Waals surface area (Å²) < 4.78 is 2.23. The van der Waals surface area contributed by atoms with Crippen molar-refractivity contribution < 1.29 is 0 Å². The third-order valence-corrected chi connectivity index (χ3v) is 9.68. The van der Waals surface area contributed by atoms with E-state index >= 15 is 0 Å². The molecular weight excluding hydrogens is 569 g/mol. The minimum absolute atomic E-state index is 0.0653. The van der Waals surface area contributed by atoms with Gasteiger partial charge in [-0.15, -0.1) is 0 Å². The maximum absolute atomic E-state index is 4.35. The van der Waals surface area contributed by atoms with Crippen LogP contribution in [-0.4, -0.2) is 4.57 Å². The largest absolute Gasteiger partial charge is 0.310 e. The van der Waals surface area contributed by atoms with Gasteiger partial charge in [0, 0.05) is 38.9 Å². The molecule has 0 spiro atoms. The van der Waals surface area contributed by atoms with Gasteiger partial charge in [-0.25, -0.2) is 0 Å². The molecular formula is C45H36N2. The minimum Gasteiger partial charge on any atom is -0.310 e. The molecule has 1 aliphatic carbocycles. The Labute approximate surface area is 276 Å². The summed E-state index contributed by atoms with van der Waals surface area (Å²) in [5.74, 6) is 0. The molecule has 0 radical (unpaired) electrons. The van der Waals surface area contributed by atoms with Gasteiger partial charge in [0.1, 0.15) is 0 Å². The van der Waals surface area contributed by atoms with Gasteiger partial charge in [-0.3, -0.25) is 0 Å². The molecule has 1 aromatic heterocycles. The van der Waals surface area contributed by atoms with Gasteiger partial charge in [0.2, 0.25) is 0 Å². The zero-order chi connectivity index (χ0) is 32.1. The molecule has 0 amide bonds. The molecule has 0 unspecified atom stereocenters. The van der Waals surface area contributed by atoms with E-state index in [-0.39, 0.29) is 5.41 Å². The molecule has 2 nitrogen and oxygen atoms in total. The molecule has 6 aromatic carbocycles. The van der Waals surface area contributed by atoms with Crippen LogP contribution in [0.4, 0.5) is 17.1 Å². The summed E-state index contributed by atoms with van der Waals surface area (Å²) in [6.45, 7) is 12.9. The molecule has 7 aromatic rings. The lowest BCUT2D eigenvalue weighted by Crippen LogP contribution is -2.16. The van der Waals surface area contributed by atoms with Crippen molar-refractivity contribution in [2.45, 2.75) is 19.3 Å². The van der Waals surface area contributed by atoms with Gasteiger partial charge < -0.3 is 9.47 Å². The Kier molecular flexibility index (Phi) is 6.81. The summed E-state index contributed by atoms with van der Waals surface area (Å²) in [5, 5.41) is 2.43. The van der Waals surface area contributed by atoms with Crippen molar-refractivity contribution in [3.63, 3.8) is 0 Å². The number of benzene rings is 6. The van der Waals surface area contributed by atoms with Gasteiger partial charge in [0.05, 0.1) is 11.0 Å². The number of para-hydroxylation sites is 2. The Balaban J connectivity index is 1.20. The highest BCUT2D eigenvalue weighted by Gasteiger charge is 2.35. The van der Waals surface area contributed by atoms with Crippen molar-refractivity contribution in [3.8, 4) is 22.3 Å². The highest BCUT2D eigenvalue weighted by molar-refractivity contribution is 6.11. The Morgan fingerprint density at radius 1 is 0.596 bits per heavy atom. The van der Waals surface area contributed by atoms with Crippen LogP contribution in [0.15, 0.2) is 171 Å². The van der Waals surface area contributed by atoms with Crippen LogP contribution < -0.4 is 4.90 Å². The Bertz CT molecular complexity index is 2350. The third kappa shape index (κ3) is 4.64. The summed E-state index contributed by atoms with van der Waals surface area (Å²) >= 11 is 0. The number of anilines is 3. The molecule has 0 aliphatic heterocycles. The number of nitrogens with zero attached hydrogens (tertiary/aromatic N) is 2. The average Bonchev–Trinajstić information content (AvgIpc) is 3.56. The SMILES string of the molecule is C=C/C=C\C(=C)n1c2ccccc2c2cc(-c3ccc(N(c4ccccc4)c4ccc5c(c4)C(C)(C)c4ccccc4-5)cc3)ccc21. The molecule has 0 N–H and O–H groups in total. The summed E-state index contributed by atoms with van der Waals surface area (Å²) in [6, 6.07) is 50.7. The van der Waals surface area contributed by atoms with Crippen molar-refractivity contribution in [2.75, 3.05) is 4.90 Å². The van der Waals surface area contributed by atoms with Gasteiger partial charge in [-0.2, -0.15) is 0 Å². The zero-order valence-electron chi connectivity index (χ0n) is 26.8. The van der Waals surface area contributed by atoms with Gasteiger partial charge in [-0.05, 0) is 94.1 Å².